The summed E-state index contributed by atoms with van der Waals surface area (Å²) < 4.78 is 0. The number of nitrogens with two attached hydrogens (primary N) is 1. The Balaban J connectivity index is 2.45. The topological polar surface area (TPSA) is 29.3 Å². The van der Waals surface area contributed by atoms with Crippen LogP contribution in [0.25, 0.3) is 0 Å². The van der Waals surface area contributed by atoms with Gasteiger partial charge in [-0.25, -0.2) is 5.01 Å². The lowest BCUT2D eigenvalue weighted by Gasteiger charge is -2.35. The molecule has 2 N–H and O–H groups in total. The summed E-state index contributed by atoms with van der Waals surface area (Å²) in [5.74, 6) is 6.99. The van der Waals surface area contributed by atoms with Crippen LogP contribution in [0, 0.1) is 0 Å². The van der Waals surface area contributed by atoms with Crippen molar-refractivity contribution in [3.05, 3.63) is 0 Å². The van der Waals surface area contributed by atoms with Gasteiger partial charge < -0.3 is 0 Å². The number of rotatable bonds is 1. The van der Waals surface area contributed by atoms with E-state index in [0.717, 1.165) is 6.54 Å². The highest BCUT2D eigenvalue weighted by Crippen LogP contribution is 2.23. The predicted molar refractivity (Wildman–Crippen MR) is 46.9 cm³/mol. The molecule has 0 radical (unpaired) electrons. The smallest absolute Gasteiger partial charge is 0.0355 e. The Morgan fingerprint density at radius 1 is 1.70 bits per heavy atom. The number of hydrogen-bond acceptors (Lipinski definition) is 3. The average molecular weight is 160 g/mol. The van der Waals surface area contributed by atoms with E-state index in [4.69, 9.17) is 5.84 Å². The second-order valence-corrected chi connectivity index (χ2v) is 4.27. The van der Waals surface area contributed by atoms with E-state index in [1.165, 1.54) is 12.2 Å². The first-order valence-corrected chi connectivity index (χ1v) is 4.93. The molecule has 1 fully saturated rings. The molecule has 2 atom stereocenters. The molecule has 1 heterocycles. The number of nitrogens with zero attached hydrogens (tertiary/aromatic N) is 1. The Kier molecular flexibility index (Phi) is 3.01. The first-order chi connectivity index (χ1) is 4.75. The summed E-state index contributed by atoms with van der Waals surface area (Å²) in [4.78, 5) is 0. The van der Waals surface area contributed by atoms with E-state index in [2.05, 4.69) is 13.8 Å². The fourth-order valence-corrected chi connectivity index (χ4v) is 2.72. The Hall–Kier alpha value is 0.270. The van der Waals surface area contributed by atoms with Crippen molar-refractivity contribution in [1.29, 1.82) is 0 Å². The summed E-state index contributed by atoms with van der Waals surface area (Å²) in [6.07, 6.45) is 1.17. The van der Waals surface area contributed by atoms with Crippen LogP contribution < -0.4 is 5.84 Å². The fraction of sp³-hybridized carbons (Fsp3) is 1.00. The molecule has 0 aromatic rings. The average Bonchev–Trinajstić information content (AvgIpc) is 1.88. The quantitative estimate of drug-likeness (QED) is 0.582. The molecule has 0 amide bonds. The van der Waals surface area contributed by atoms with E-state index in [0.29, 0.717) is 11.3 Å². The molecule has 0 aromatic heterocycles. The van der Waals surface area contributed by atoms with Gasteiger partial charge in [0.25, 0.3) is 0 Å². The van der Waals surface area contributed by atoms with Gasteiger partial charge in [-0.3, -0.25) is 5.84 Å². The summed E-state index contributed by atoms with van der Waals surface area (Å²) in [5.41, 5.74) is 0. The van der Waals surface area contributed by atoms with Crippen LogP contribution in [0.2, 0.25) is 0 Å². The highest BCUT2D eigenvalue weighted by atomic mass is 32.2. The highest BCUT2D eigenvalue weighted by molar-refractivity contribution is 8.00. The largest absolute Gasteiger partial charge is 0.268 e. The van der Waals surface area contributed by atoms with Gasteiger partial charge in [0.1, 0.15) is 0 Å². The van der Waals surface area contributed by atoms with E-state index in [9.17, 15) is 0 Å². The van der Waals surface area contributed by atoms with Crippen LogP contribution in [-0.4, -0.2) is 28.6 Å². The Morgan fingerprint density at radius 3 is 2.80 bits per heavy atom. The van der Waals surface area contributed by atoms with E-state index < -0.39 is 0 Å². The minimum Gasteiger partial charge on any atom is -0.268 e. The summed E-state index contributed by atoms with van der Waals surface area (Å²) in [6, 6.07) is 0.596. The summed E-state index contributed by atoms with van der Waals surface area (Å²) in [7, 11) is 0. The van der Waals surface area contributed by atoms with E-state index in [1.54, 1.807) is 0 Å². The van der Waals surface area contributed by atoms with Crippen molar-refractivity contribution in [2.75, 3.05) is 12.3 Å². The van der Waals surface area contributed by atoms with Crippen molar-refractivity contribution >= 4 is 11.8 Å². The van der Waals surface area contributed by atoms with Crippen LogP contribution in [0.3, 0.4) is 0 Å². The molecule has 2 unspecified atom stereocenters. The number of hydrogen-bond donors (Lipinski definition) is 1. The van der Waals surface area contributed by atoms with Crippen molar-refractivity contribution in [3.63, 3.8) is 0 Å². The molecule has 1 rings (SSSR count). The molecule has 0 saturated carbocycles. The van der Waals surface area contributed by atoms with Crippen LogP contribution in [0.5, 0.6) is 0 Å². The standard InChI is InChI=1S/C7H16N2S/c1-3-7-6(2)10-5-4-9(7)8/h6-7H,3-5,8H2,1-2H3. The Labute approximate surface area is 67.1 Å². The van der Waals surface area contributed by atoms with Crippen molar-refractivity contribution in [1.82, 2.24) is 5.01 Å². The zero-order valence-corrected chi connectivity index (χ0v) is 7.53. The van der Waals surface area contributed by atoms with Gasteiger partial charge >= 0.3 is 0 Å². The number of thioether (sulfide) groups is 1. The van der Waals surface area contributed by atoms with E-state index in [1.807, 2.05) is 16.8 Å². The molecule has 0 spiro atoms. The van der Waals surface area contributed by atoms with E-state index >= 15 is 0 Å². The maximum Gasteiger partial charge on any atom is 0.0355 e. The predicted octanol–water partition coefficient (Wildman–Crippen LogP) is 1.08. The minimum atomic E-state index is 0.596. The zero-order valence-electron chi connectivity index (χ0n) is 6.71. The fourth-order valence-electron chi connectivity index (χ4n) is 1.46. The van der Waals surface area contributed by atoms with Crippen LogP contribution in [0.15, 0.2) is 0 Å². The maximum atomic E-state index is 5.80. The third-order valence-corrected chi connectivity index (χ3v) is 3.37. The third-order valence-electron chi connectivity index (χ3n) is 2.12. The van der Waals surface area contributed by atoms with Gasteiger partial charge in [-0.15, -0.1) is 0 Å². The van der Waals surface area contributed by atoms with Crippen molar-refractivity contribution in [2.24, 2.45) is 5.84 Å². The summed E-state index contributed by atoms with van der Waals surface area (Å²) in [6.45, 7) is 5.51. The monoisotopic (exact) mass is 160 g/mol. The molecular formula is C7H16N2S. The molecular weight excluding hydrogens is 144 g/mol. The molecule has 60 valence electrons. The van der Waals surface area contributed by atoms with Crippen LogP contribution in [0.4, 0.5) is 0 Å². The highest BCUT2D eigenvalue weighted by Gasteiger charge is 2.24. The van der Waals surface area contributed by atoms with Crippen LogP contribution in [0.1, 0.15) is 20.3 Å². The molecule has 2 nitrogen and oxygen atoms in total. The third kappa shape index (κ3) is 1.65. The molecule has 10 heavy (non-hydrogen) atoms. The van der Waals surface area contributed by atoms with Crippen molar-refractivity contribution in [3.8, 4) is 0 Å². The van der Waals surface area contributed by atoms with Crippen molar-refractivity contribution < 1.29 is 0 Å². The minimum absolute atomic E-state index is 0.596. The lowest BCUT2D eigenvalue weighted by atomic mass is 10.1. The lowest BCUT2D eigenvalue weighted by molar-refractivity contribution is 0.199. The normalized spacial score (nSPS) is 36.3. The first kappa shape index (κ1) is 8.37. The van der Waals surface area contributed by atoms with Gasteiger partial charge in [-0.05, 0) is 6.42 Å². The van der Waals surface area contributed by atoms with Gasteiger partial charge in [0, 0.05) is 23.6 Å². The lowest BCUT2D eigenvalue weighted by Crippen LogP contribution is -2.50. The number of hydrazine groups is 1. The molecule has 0 aromatic carbocycles. The second-order valence-electron chi connectivity index (χ2n) is 2.79. The molecule has 1 aliphatic rings. The van der Waals surface area contributed by atoms with Gasteiger partial charge in [0.15, 0.2) is 0 Å². The van der Waals surface area contributed by atoms with Crippen molar-refractivity contribution in [2.45, 2.75) is 31.6 Å². The van der Waals surface area contributed by atoms with Gasteiger partial charge in [-0.2, -0.15) is 11.8 Å². The summed E-state index contributed by atoms with van der Waals surface area (Å²) >= 11 is 2.03. The second kappa shape index (κ2) is 3.60. The van der Waals surface area contributed by atoms with Gasteiger partial charge in [0.2, 0.25) is 0 Å². The molecule has 1 saturated heterocycles. The van der Waals surface area contributed by atoms with Gasteiger partial charge in [-0.1, -0.05) is 13.8 Å². The summed E-state index contributed by atoms with van der Waals surface area (Å²) in [5, 5.41) is 2.70. The Morgan fingerprint density at radius 2 is 2.40 bits per heavy atom. The van der Waals surface area contributed by atoms with E-state index in [-0.39, 0.29) is 0 Å². The SMILES string of the molecule is CCC1C(C)SCCN1N. The van der Waals surface area contributed by atoms with Crippen LogP contribution >= 0.6 is 11.8 Å². The first-order valence-electron chi connectivity index (χ1n) is 3.88. The molecule has 0 bridgehead atoms. The maximum absolute atomic E-state index is 5.80. The van der Waals surface area contributed by atoms with Crippen LogP contribution in [-0.2, 0) is 0 Å². The molecule has 3 heteroatoms. The zero-order chi connectivity index (χ0) is 7.56. The Bertz CT molecular complexity index is 97.8. The van der Waals surface area contributed by atoms with Gasteiger partial charge in [0.05, 0.1) is 0 Å². The molecule has 1 aliphatic heterocycles. The molecule has 0 aliphatic carbocycles.